The Labute approximate surface area is 216 Å². The fourth-order valence-electron chi connectivity index (χ4n) is 3.98. The second kappa shape index (κ2) is 10.6. The van der Waals surface area contributed by atoms with E-state index in [-0.39, 0.29) is 16.1 Å². The number of ether oxygens (including phenoxy) is 1. The van der Waals surface area contributed by atoms with Crippen molar-refractivity contribution in [2.75, 3.05) is 18.5 Å². The van der Waals surface area contributed by atoms with Gasteiger partial charge in [0.1, 0.15) is 5.75 Å². The number of sulfonamides is 1. The Bertz CT molecular complexity index is 1600. The second-order valence-corrected chi connectivity index (χ2v) is 10.3. The Morgan fingerprint density at radius 3 is 2.03 bits per heavy atom. The molecular weight excluding hydrogens is 486 g/mol. The molecule has 186 valence electrons. The van der Waals surface area contributed by atoms with Gasteiger partial charge in [-0.3, -0.25) is 4.31 Å². The first-order valence-corrected chi connectivity index (χ1v) is 12.8. The van der Waals surface area contributed by atoms with E-state index in [0.717, 1.165) is 21.0 Å². The minimum atomic E-state index is -4.01. The third kappa shape index (κ3) is 5.50. The van der Waals surface area contributed by atoms with Crippen molar-refractivity contribution in [3.8, 4) is 28.7 Å². The Morgan fingerprint density at radius 1 is 0.838 bits per heavy atom. The van der Waals surface area contributed by atoms with Gasteiger partial charge in [-0.05, 0) is 72.1 Å². The van der Waals surface area contributed by atoms with Crippen molar-refractivity contribution in [3.05, 3.63) is 113 Å². The standard InChI is InChI=1S/C30H25NO5S/c1-21-19-23(10-9-22-11-13-25(14-12-22)24-7-5-4-6-8-24)20-28(30(32)33)29(21)31(2)37(34,35)27-17-15-26(36-3)16-18-27/h4-8,11-20H,1-3H3,(H,32,33). The van der Waals surface area contributed by atoms with Crippen LogP contribution in [-0.4, -0.2) is 33.7 Å². The Hall–Kier alpha value is -4.54. The topological polar surface area (TPSA) is 83.9 Å². The minimum absolute atomic E-state index is 0.0226. The van der Waals surface area contributed by atoms with Crippen molar-refractivity contribution in [2.24, 2.45) is 0 Å². The van der Waals surface area contributed by atoms with Crippen LogP contribution in [0.3, 0.4) is 0 Å². The maximum Gasteiger partial charge on any atom is 0.337 e. The number of hydrogen-bond donors (Lipinski definition) is 1. The summed E-state index contributed by atoms with van der Waals surface area (Å²) in [6, 6.07) is 26.8. The Balaban J connectivity index is 1.66. The van der Waals surface area contributed by atoms with Crippen LogP contribution in [0.1, 0.15) is 27.0 Å². The number of anilines is 1. The van der Waals surface area contributed by atoms with Crippen molar-refractivity contribution in [1.82, 2.24) is 0 Å². The number of carbonyl (C=O) groups is 1. The number of hydrogen-bond acceptors (Lipinski definition) is 4. The molecule has 4 rings (SSSR count). The lowest BCUT2D eigenvalue weighted by atomic mass is 10.0. The summed E-state index contributed by atoms with van der Waals surface area (Å²) in [5.41, 5.74) is 3.83. The number of aryl methyl sites for hydroxylation is 1. The van der Waals surface area contributed by atoms with E-state index in [0.29, 0.717) is 16.9 Å². The number of benzene rings is 4. The molecule has 0 aliphatic heterocycles. The van der Waals surface area contributed by atoms with Gasteiger partial charge in [-0.25, -0.2) is 13.2 Å². The average Bonchev–Trinajstić information content (AvgIpc) is 2.92. The molecule has 0 aromatic heterocycles. The van der Waals surface area contributed by atoms with E-state index in [9.17, 15) is 18.3 Å². The summed E-state index contributed by atoms with van der Waals surface area (Å²) in [5, 5.41) is 9.91. The largest absolute Gasteiger partial charge is 0.497 e. The van der Waals surface area contributed by atoms with Gasteiger partial charge in [0.05, 0.1) is 23.3 Å². The zero-order chi connectivity index (χ0) is 26.6. The van der Waals surface area contributed by atoms with Gasteiger partial charge >= 0.3 is 5.97 Å². The van der Waals surface area contributed by atoms with E-state index < -0.39 is 16.0 Å². The molecular formula is C30H25NO5S. The Kier molecular flexibility index (Phi) is 7.32. The number of methoxy groups -OCH3 is 1. The van der Waals surface area contributed by atoms with Crippen LogP contribution in [0.15, 0.2) is 95.9 Å². The molecule has 1 N–H and O–H groups in total. The monoisotopic (exact) mass is 511 g/mol. The van der Waals surface area contributed by atoms with Crippen LogP contribution >= 0.6 is 0 Å². The highest BCUT2D eigenvalue weighted by Crippen LogP contribution is 2.31. The summed E-state index contributed by atoms with van der Waals surface area (Å²) in [6.07, 6.45) is 0. The molecule has 0 radical (unpaired) electrons. The highest BCUT2D eigenvalue weighted by atomic mass is 32.2. The molecule has 0 unspecified atom stereocenters. The number of aromatic carboxylic acids is 1. The van der Waals surface area contributed by atoms with E-state index in [1.165, 1.54) is 44.5 Å². The highest BCUT2D eigenvalue weighted by molar-refractivity contribution is 7.92. The molecule has 37 heavy (non-hydrogen) atoms. The number of carboxylic acid groups (broad SMARTS) is 1. The van der Waals surface area contributed by atoms with Gasteiger partial charge in [-0.1, -0.05) is 54.3 Å². The quantitative estimate of drug-likeness (QED) is 0.341. The van der Waals surface area contributed by atoms with Crippen LogP contribution in [-0.2, 0) is 10.0 Å². The lowest BCUT2D eigenvalue weighted by Gasteiger charge is -2.23. The predicted octanol–water partition coefficient (Wildman–Crippen LogP) is 5.59. The average molecular weight is 512 g/mol. The molecule has 0 amide bonds. The van der Waals surface area contributed by atoms with E-state index in [1.54, 1.807) is 13.0 Å². The third-order valence-electron chi connectivity index (χ3n) is 5.91. The first-order chi connectivity index (χ1) is 17.7. The molecule has 0 aliphatic rings. The number of rotatable bonds is 6. The smallest absolute Gasteiger partial charge is 0.337 e. The van der Waals surface area contributed by atoms with Gasteiger partial charge in [-0.2, -0.15) is 0 Å². The summed E-state index contributed by atoms with van der Waals surface area (Å²) in [7, 11) is -1.18. The third-order valence-corrected chi connectivity index (χ3v) is 7.68. The molecule has 0 atom stereocenters. The first-order valence-electron chi connectivity index (χ1n) is 11.4. The zero-order valence-corrected chi connectivity index (χ0v) is 21.4. The van der Waals surface area contributed by atoms with Crippen LogP contribution in [0, 0.1) is 18.8 Å². The second-order valence-electron chi connectivity index (χ2n) is 8.34. The van der Waals surface area contributed by atoms with Crippen molar-refractivity contribution in [1.29, 1.82) is 0 Å². The molecule has 0 aliphatic carbocycles. The van der Waals surface area contributed by atoms with Crippen LogP contribution in [0.5, 0.6) is 5.75 Å². The molecule has 0 spiro atoms. The molecule has 0 fully saturated rings. The van der Waals surface area contributed by atoms with Gasteiger partial charge in [0.15, 0.2) is 0 Å². The van der Waals surface area contributed by atoms with Crippen LogP contribution in [0.4, 0.5) is 5.69 Å². The number of nitrogens with zero attached hydrogens (tertiary/aromatic N) is 1. The minimum Gasteiger partial charge on any atom is -0.497 e. The Morgan fingerprint density at radius 2 is 1.43 bits per heavy atom. The summed E-state index contributed by atoms with van der Waals surface area (Å²) in [4.78, 5) is 12.2. The lowest BCUT2D eigenvalue weighted by Crippen LogP contribution is -2.29. The van der Waals surface area contributed by atoms with E-state index in [1.807, 2.05) is 54.6 Å². The maximum atomic E-state index is 13.2. The molecule has 0 heterocycles. The van der Waals surface area contributed by atoms with E-state index in [4.69, 9.17) is 4.74 Å². The van der Waals surface area contributed by atoms with Gasteiger partial charge in [0, 0.05) is 18.2 Å². The molecule has 4 aromatic rings. The van der Waals surface area contributed by atoms with Crippen molar-refractivity contribution in [2.45, 2.75) is 11.8 Å². The van der Waals surface area contributed by atoms with Crippen molar-refractivity contribution < 1.29 is 23.1 Å². The van der Waals surface area contributed by atoms with Crippen molar-refractivity contribution >= 4 is 21.7 Å². The zero-order valence-electron chi connectivity index (χ0n) is 20.6. The van der Waals surface area contributed by atoms with Gasteiger partial charge in [0.25, 0.3) is 10.0 Å². The SMILES string of the molecule is COc1ccc(S(=O)(=O)N(C)c2c(C)cc(C#Cc3ccc(-c4ccccc4)cc3)cc2C(=O)O)cc1. The van der Waals surface area contributed by atoms with Crippen molar-refractivity contribution in [3.63, 3.8) is 0 Å². The summed E-state index contributed by atoms with van der Waals surface area (Å²) in [5.74, 6) is 5.34. The first kappa shape index (κ1) is 25.5. The van der Waals surface area contributed by atoms with E-state index >= 15 is 0 Å². The predicted molar refractivity (Wildman–Crippen MR) is 145 cm³/mol. The van der Waals surface area contributed by atoms with Gasteiger partial charge in [-0.15, -0.1) is 0 Å². The van der Waals surface area contributed by atoms with Crippen LogP contribution < -0.4 is 9.04 Å². The summed E-state index contributed by atoms with van der Waals surface area (Å²) < 4.78 is 32.6. The van der Waals surface area contributed by atoms with Gasteiger partial charge < -0.3 is 9.84 Å². The summed E-state index contributed by atoms with van der Waals surface area (Å²) >= 11 is 0. The maximum absolute atomic E-state index is 13.2. The van der Waals surface area contributed by atoms with E-state index in [2.05, 4.69) is 11.8 Å². The van der Waals surface area contributed by atoms with Crippen LogP contribution in [0.25, 0.3) is 11.1 Å². The fraction of sp³-hybridized carbons (Fsp3) is 0.100. The molecule has 0 bridgehead atoms. The molecule has 0 saturated heterocycles. The highest BCUT2D eigenvalue weighted by Gasteiger charge is 2.27. The van der Waals surface area contributed by atoms with Crippen LogP contribution in [0.2, 0.25) is 0 Å². The lowest BCUT2D eigenvalue weighted by molar-refractivity contribution is 0.0697. The normalized spacial score (nSPS) is 10.8. The molecule has 6 nitrogen and oxygen atoms in total. The molecule has 4 aromatic carbocycles. The van der Waals surface area contributed by atoms with Gasteiger partial charge in [0.2, 0.25) is 0 Å². The molecule has 7 heteroatoms. The summed E-state index contributed by atoms with van der Waals surface area (Å²) in [6.45, 7) is 1.67. The fourth-order valence-corrected chi connectivity index (χ4v) is 5.26. The molecule has 0 saturated carbocycles. The number of carboxylic acids is 1.